The van der Waals surface area contributed by atoms with Crippen LogP contribution in [0.25, 0.3) is 5.69 Å². The van der Waals surface area contributed by atoms with E-state index in [1.165, 1.54) is 0 Å². The van der Waals surface area contributed by atoms with Gasteiger partial charge in [0.15, 0.2) is 5.11 Å². The number of hydrogen-bond donors (Lipinski definition) is 2. The highest BCUT2D eigenvalue weighted by Crippen LogP contribution is 2.42. The van der Waals surface area contributed by atoms with Gasteiger partial charge in [-0.15, -0.1) is 0 Å². The van der Waals surface area contributed by atoms with Crippen LogP contribution in [0.2, 0.25) is 5.02 Å². The molecule has 0 spiro atoms. The molecule has 7 nitrogen and oxygen atoms in total. The maximum absolute atomic E-state index is 11.6. The van der Waals surface area contributed by atoms with Gasteiger partial charge in [-0.2, -0.15) is 0 Å². The van der Waals surface area contributed by atoms with Crippen LogP contribution in [0.3, 0.4) is 0 Å². The lowest BCUT2D eigenvalue weighted by molar-refractivity contribution is 0.549. The minimum Gasteiger partial charge on any atom is -0.351 e. The number of thiocarbonyl (C=S) groups is 1. The molecule has 1 saturated heterocycles. The first-order valence-corrected chi connectivity index (χ1v) is 13.9. The van der Waals surface area contributed by atoms with E-state index in [9.17, 15) is 8.42 Å². The molecule has 36 heavy (non-hydrogen) atoms. The SMILES string of the molecule is Cc1cc(-n2cccc2[C@@H]2[C@@H](c3ccccn3)NC(=S)N2c2ccc(NS(C)(=O)=O)cc2)ccc1Cl. The molecule has 0 saturated carbocycles. The standard InChI is InChI=1S/C26H24ClN5O2S2/c1-17-16-20(12-13-21(17)27)31-15-5-7-23(31)25-24(22-6-3-4-14-28-22)29-26(35)32(25)19-10-8-18(9-11-19)30-36(2,33)34/h3-16,24-25,30H,1-2H3,(H,29,35)/t24-,25-/m1/s1. The lowest BCUT2D eigenvalue weighted by atomic mass is 10.0. The van der Waals surface area contributed by atoms with Gasteiger partial charge in [-0.05, 0) is 91.4 Å². The lowest BCUT2D eigenvalue weighted by Gasteiger charge is -2.29. The summed E-state index contributed by atoms with van der Waals surface area (Å²) in [4.78, 5) is 6.66. The second kappa shape index (κ2) is 9.57. The first-order valence-electron chi connectivity index (χ1n) is 11.2. The Hall–Kier alpha value is -3.40. The molecule has 5 rings (SSSR count). The number of pyridine rings is 1. The largest absolute Gasteiger partial charge is 0.351 e. The predicted molar refractivity (Wildman–Crippen MR) is 148 cm³/mol. The smallest absolute Gasteiger partial charge is 0.229 e. The van der Waals surface area contributed by atoms with Crippen LogP contribution in [-0.2, 0) is 10.0 Å². The Morgan fingerprint density at radius 1 is 1.03 bits per heavy atom. The molecule has 2 N–H and O–H groups in total. The molecule has 3 heterocycles. The Labute approximate surface area is 220 Å². The van der Waals surface area contributed by atoms with Crippen LogP contribution >= 0.6 is 23.8 Å². The van der Waals surface area contributed by atoms with Crippen molar-refractivity contribution in [1.82, 2.24) is 14.9 Å². The molecule has 2 aromatic carbocycles. The summed E-state index contributed by atoms with van der Waals surface area (Å²) in [6.45, 7) is 1.98. The third kappa shape index (κ3) is 4.82. The summed E-state index contributed by atoms with van der Waals surface area (Å²) in [6.07, 6.45) is 4.92. The number of benzene rings is 2. The van der Waals surface area contributed by atoms with Crippen molar-refractivity contribution >= 4 is 50.3 Å². The maximum atomic E-state index is 11.6. The monoisotopic (exact) mass is 537 g/mol. The quantitative estimate of drug-likeness (QED) is 0.321. The van der Waals surface area contributed by atoms with Crippen LogP contribution in [0, 0.1) is 6.92 Å². The minimum absolute atomic E-state index is 0.213. The molecule has 0 aliphatic carbocycles. The zero-order valence-corrected chi connectivity index (χ0v) is 22.0. The van der Waals surface area contributed by atoms with Gasteiger partial charge in [0.25, 0.3) is 0 Å². The van der Waals surface area contributed by atoms with Crippen molar-refractivity contribution in [3.63, 3.8) is 0 Å². The molecular weight excluding hydrogens is 514 g/mol. The van der Waals surface area contributed by atoms with E-state index >= 15 is 0 Å². The Bertz CT molecular complexity index is 1520. The highest BCUT2D eigenvalue weighted by molar-refractivity contribution is 7.92. The van der Waals surface area contributed by atoms with Gasteiger partial charge in [0.2, 0.25) is 10.0 Å². The van der Waals surface area contributed by atoms with Gasteiger partial charge in [-0.3, -0.25) is 9.71 Å². The molecule has 2 aromatic heterocycles. The molecule has 10 heteroatoms. The number of hydrogen-bond acceptors (Lipinski definition) is 4. The van der Waals surface area contributed by atoms with E-state index in [2.05, 4.69) is 31.7 Å². The Morgan fingerprint density at radius 3 is 2.44 bits per heavy atom. The summed E-state index contributed by atoms with van der Waals surface area (Å²) in [5.74, 6) is 0. The lowest BCUT2D eigenvalue weighted by Crippen LogP contribution is -2.30. The number of aromatic nitrogens is 2. The number of nitrogens with one attached hydrogen (secondary N) is 2. The van der Waals surface area contributed by atoms with Crippen LogP contribution in [0.5, 0.6) is 0 Å². The Morgan fingerprint density at radius 2 is 1.78 bits per heavy atom. The molecule has 184 valence electrons. The highest BCUT2D eigenvalue weighted by atomic mass is 35.5. The zero-order valence-electron chi connectivity index (χ0n) is 19.6. The van der Waals surface area contributed by atoms with E-state index in [1.807, 2.05) is 66.6 Å². The summed E-state index contributed by atoms with van der Waals surface area (Å²) in [5, 5.41) is 4.73. The molecule has 0 amide bonds. The second-order valence-electron chi connectivity index (χ2n) is 8.65. The second-order valence-corrected chi connectivity index (χ2v) is 11.2. The van der Waals surface area contributed by atoms with E-state index in [0.29, 0.717) is 15.8 Å². The highest BCUT2D eigenvalue weighted by Gasteiger charge is 2.42. The van der Waals surface area contributed by atoms with E-state index < -0.39 is 10.0 Å². The fourth-order valence-electron chi connectivity index (χ4n) is 4.49. The minimum atomic E-state index is -3.38. The zero-order chi connectivity index (χ0) is 25.4. The maximum Gasteiger partial charge on any atom is 0.229 e. The average Bonchev–Trinajstić information content (AvgIpc) is 3.45. The molecule has 1 aliphatic rings. The van der Waals surface area contributed by atoms with Crippen LogP contribution in [0.1, 0.15) is 29.0 Å². The predicted octanol–water partition coefficient (Wildman–Crippen LogP) is 5.38. The average molecular weight is 538 g/mol. The van der Waals surface area contributed by atoms with Crippen molar-refractivity contribution in [2.24, 2.45) is 0 Å². The third-order valence-electron chi connectivity index (χ3n) is 6.05. The number of anilines is 2. The molecular formula is C26H24ClN5O2S2. The van der Waals surface area contributed by atoms with E-state index in [-0.39, 0.29) is 12.1 Å². The van der Waals surface area contributed by atoms with Gasteiger partial charge in [0, 0.05) is 40.2 Å². The molecule has 2 atom stereocenters. The van der Waals surface area contributed by atoms with Crippen molar-refractivity contribution in [1.29, 1.82) is 0 Å². The first-order chi connectivity index (χ1) is 17.2. The van der Waals surface area contributed by atoms with Crippen molar-refractivity contribution in [3.8, 4) is 5.69 Å². The fourth-order valence-corrected chi connectivity index (χ4v) is 5.51. The number of sulfonamides is 1. The van der Waals surface area contributed by atoms with Crippen LogP contribution in [0.15, 0.2) is 85.2 Å². The normalized spacial score (nSPS) is 17.8. The van der Waals surface area contributed by atoms with Crippen LogP contribution in [-0.4, -0.2) is 29.3 Å². The summed E-state index contributed by atoms with van der Waals surface area (Å²) >= 11 is 12.1. The molecule has 0 unspecified atom stereocenters. The van der Waals surface area contributed by atoms with Crippen molar-refractivity contribution in [3.05, 3.63) is 107 Å². The molecule has 1 fully saturated rings. The number of aryl methyl sites for hydroxylation is 1. The molecule has 1 aliphatic heterocycles. The van der Waals surface area contributed by atoms with Crippen LogP contribution in [0.4, 0.5) is 11.4 Å². The fraction of sp³-hybridized carbons (Fsp3) is 0.154. The van der Waals surface area contributed by atoms with Gasteiger partial charge in [-0.25, -0.2) is 8.42 Å². The van der Waals surface area contributed by atoms with Gasteiger partial charge in [-0.1, -0.05) is 17.7 Å². The summed E-state index contributed by atoms with van der Waals surface area (Å²) in [7, 11) is -3.38. The molecule has 0 bridgehead atoms. The van der Waals surface area contributed by atoms with E-state index in [1.54, 1.807) is 18.3 Å². The Kier molecular flexibility index (Phi) is 6.46. The summed E-state index contributed by atoms with van der Waals surface area (Å²) in [6, 6.07) is 22.6. The van der Waals surface area contributed by atoms with Gasteiger partial charge < -0.3 is 14.8 Å². The molecule has 4 aromatic rings. The number of halogens is 1. The van der Waals surface area contributed by atoms with Gasteiger partial charge >= 0.3 is 0 Å². The van der Waals surface area contributed by atoms with Gasteiger partial charge in [0.1, 0.15) is 6.04 Å². The Balaban J connectivity index is 1.61. The first kappa shape index (κ1) is 24.3. The van der Waals surface area contributed by atoms with E-state index in [0.717, 1.165) is 34.6 Å². The van der Waals surface area contributed by atoms with Crippen molar-refractivity contribution < 1.29 is 8.42 Å². The van der Waals surface area contributed by atoms with Crippen molar-refractivity contribution in [2.75, 3.05) is 15.9 Å². The topological polar surface area (TPSA) is 79.3 Å². The van der Waals surface area contributed by atoms with Crippen molar-refractivity contribution in [2.45, 2.75) is 19.0 Å². The number of nitrogens with zero attached hydrogens (tertiary/aromatic N) is 3. The van der Waals surface area contributed by atoms with E-state index in [4.69, 9.17) is 23.8 Å². The molecule has 0 radical (unpaired) electrons. The van der Waals surface area contributed by atoms with Gasteiger partial charge in [0.05, 0.1) is 18.0 Å². The third-order valence-corrected chi connectivity index (χ3v) is 7.39. The summed E-state index contributed by atoms with van der Waals surface area (Å²) in [5.41, 5.74) is 5.16. The number of rotatable bonds is 6. The summed E-state index contributed by atoms with van der Waals surface area (Å²) < 4.78 is 27.9. The van der Waals surface area contributed by atoms with Crippen LogP contribution < -0.4 is 14.9 Å².